The summed E-state index contributed by atoms with van der Waals surface area (Å²) in [6.07, 6.45) is 9.62. The fourth-order valence-corrected chi connectivity index (χ4v) is 9.87. The summed E-state index contributed by atoms with van der Waals surface area (Å²) in [4.78, 5) is 13.0. The van der Waals surface area contributed by atoms with Crippen LogP contribution in [-0.2, 0) is 4.79 Å². The van der Waals surface area contributed by atoms with Crippen molar-refractivity contribution in [2.24, 2.45) is 0 Å². The summed E-state index contributed by atoms with van der Waals surface area (Å²) in [5.74, 6) is 0.431. The molecule has 0 radical (unpaired) electrons. The van der Waals surface area contributed by atoms with Gasteiger partial charge < -0.3 is 4.74 Å². The lowest BCUT2D eigenvalue weighted by Gasteiger charge is -2.27. The highest BCUT2D eigenvalue weighted by atomic mass is 32.1. The summed E-state index contributed by atoms with van der Waals surface area (Å²) in [6.45, 7) is 1.89. The van der Waals surface area contributed by atoms with Crippen LogP contribution in [0.3, 0.4) is 0 Å². The minimum absolute atomic E-state index is 0.158. The van der Waals surface area contributed by atoms with E-state index in [4.69, 9.17) is 17.0 Å². The monoisotopic (exact) mass is 567 g/mol. The average molecular weight is 568 g/mol. The zero-order valence-electron chi connectivity index (χ0n) is 23.5. The van der Waals surface area contributed by atoms with E-state index in [1.165, 1.54) is 47.8 Å². The minimum Gasteiger partial charge on any atom is -0.427 e. The van der Waals surface area contributed by atoms with Crippen molar-refractivity contribution < 1.29 is 9.53 Å². The van der Waals surface area contributed by atoms with Crippen LogP contribution < -0.4 is 20.7 Å². The first-order valence-corrected chi connectivity index (χ1v) is 16.8. The van der Waals surface area contributed by atoms with Crippen molar-refractivity contribution in [1.29, 1.82) is 0 Å². The number of esters is 1. The van der Waals surface area contributed by atoms with Gasteiger partial charge in [0.2, 0.25) is 0 Å². The molecule has 4 rings (SSSR count). The normalized spacial score (nSPS) is 11.2. The van der Waals surface area contributed by atoms with Crippen molar-refractivity contribution in [3.8, 4) is 5.75 Å². The quantitative estimate of drug-likeness (QED) is 0.0360. The molecule has 206 valence electrons. The molecule has 0 N–H and O–H groups in total. The summed E-state index contributed by atoms with van der Waals surface area (Å²) < 4.78 is 5.47. The van der Waals surface area contributed by atoms with Crippen LogP contribution in [-0.4, -0.2) is 17.0 Å². The highest BCUT2D eigenvalue weighted by Gasteiger charge is 2.44. The van der Waals surface area contributed by atoms with Gasteiger partial charge in [-0.25, -0.2) is 0 Å². The van der Waals surface area contributed by atoms with Gasteiger partial charge in [0.05, 0.1) is 6.16 Å². The Hall–Kier alpha value is -3.13. The van der Waals surface area contributed by atoms with Crippen molar-refractivity contribution in [3.63, 3.8) is 0 Å². The number of ether oxygens (including phenoxy) is 1. The summed E-state index contributed by atoms with van der Waals surface area (Å²) in [6, 6.07) is 40.9. The molecule has 0 saturated carbocycles. The van der Waals surface area contributed by atoms with Gasteiger partial charge in [-0.1, -0.05) is 105 Å². The van der Waals surface area contributed by atoms with Gasteiger partial charge in [-0.05, 0) is 80.3 Å². The Labute approximate surface area is 246 Å². The summed E-state index contributed by atoms with van der Waals surface area (Å²) in [5.41, 5.74) is 0.988. The Morgan fingerprint density at radius 2 is 1.02 bits per heavy atom. The molecule has 4 aromatic rings. The zero-order valence-corrected chi connectivity index (χ0v) is 25.2. The van der Waals surface area contributed by atoms with Gasteiger partial charge in [-0.2, -0.15) is 0 Å². The molecule has 4 aromatic carbocycles. The second kappa shape index (κ2) is 15.6. The second-order valence-corrected chi connectivity index (χ2v) is 14.5. The molecule has 0 unspecified atom stereocenters. The summed E-state index contributed by atoms with van der Waals surface area (Å²) in [7, 11) is -1.73. The molecule has 2 nitrogen and oxygen atoms in total. The van der Waals surface area contributed by atoms with Crippen LogP contribution in [0.15, 0.2) is 115 Å². The molecule has 0 saturated heterocycles. The predicted octanol–water partition coefficient (Wildman–Crippen LogP) is 8.44. The van der Waals surface area contributed by atoms with E-state index in [9.17, 15) is 4.79 Å². The fourth-order valence-electron chi connectivity index (χ4n) is 5.32. The average Bonchev–Trinajstić information content (AvgIpc) is 3.00. The maximum absolute atomic E-state index is 12.2. The molecule has 40 heavy (non-hydrogen) atoms. The maximum atomic E-state index is 12.2. The Bertz CT molecular complexity index is 1230. The number of thiocarbonyl (C=S) groups is 1. The first kappa shape index (κ1) is 29.8. The molecule has 0 atom stereocenters. The third-order valence-electron chi connectivity index (χ3n) is 7.46. The molecule has 0 amide bonds. The van der Waals surface area contributed by atoms with Crippen molar-refractivity contribution in [1.82, 2.24) is 0 Å². The minimum atomic E-state index is -1.73. The topological polar surface area (TPSA) is 26.3 Å². The molecule has 4 heteroatoms. The van der Waals surface area contributed by atoms with Crippen LogP contribution in [0.1, 0.15) is 63.9 Å². The number of hydrogen-bond acceptors (Lipinski definition) is 3. The molecule has 0 aromatic heterocycles. The number of unbranched alkanes of at least 4 members (excludes halogenated alkanes) is 6. The van der Waals surface area contributed by atoms with Gasteiger partial charge in [0.25, 0.3) is 0 Å². The lowest BCUT2D eigenvalue weighted by Crippen LogP contribution is -2.33. The lowest BCUT2D eigenvalue weighted by molar-refractivity contribution is -0.134. The Kier molecular flexibility index (Phi) is 11.6. The van der Waals surface area contributed by atoms with Gasteiger partial charge in [-0.3, -0.25) is 4.79 Å². The smallest absolute Gasteiger partial charge is 0.311 e. The van der Waals surface area contributed by atoms with Crippen LogP contribution in [0.25, 0.3) is 0 Å². The number of carbonyl (C=O) groups excluding carboxylic acids is 1. The lowest BCUT2D eigenvalue weighted by atomic mass is 10.1. The molecule has 0 aliphatic carbocycles. The molecule has 0 aliphatic rings. The van der Waals surface area contributed by atoms with Crippen LogP contribution in [0.4, 0.5) is 0 Å². The van der Waals surface area contributed by atoms with Crippen LogP contribution >= 0.6 is 19.5 Å². The Morgan fingerprint density at radius 1 is 0.600 bits per heavy atom. The van der Waals surface area contributed by atoms with E-state index < -0.39 is 7.26 Å². The van der Waals surface area contributed by atoms with Crippen molar-refractivity contribution in [3.05, 3.63) is 121 Å². The second-order valence-electron chi connectivity index (χ2n) is 10.3. The van der Waals surface area contributed by atoms with E-state index in [0.29, 0.717) is 12.2 Å². The Morgan fingerprint density at radius 3 is 1.48 bits per heavy atom. The van der Waals surface area contributed by atoms with E-state index >= 15 is 0 Å². The molecule has 0 heterocycles. The molecular formula is C36H40O2PS+. The molecular weight excluding hydrogens is 527 g/mol. The van der Waals surface area contributed by atoms with E-state index in [0.717, 1.165) is 29.7 Å². The van der Waals surface area contributed by atoms with Gasteiger partial charge in [-0.15, -0.1) is 0 Å². The molecule has 0 aliphatic heterocycles. The van der Waals surface area contributed by atoms with Crippen LogP contribution in [0, 0.1) is 0 Å². The Balaban J connectivity index is 1.24. The number of carbonyl (C=O) groups is 1. The van der Waals surface area contributed by atoms with Crippen molar-refractivity contribution >= 4 is 46.2 Å². The number of benzene rings is 4. The highest BCUT2D eigenvalue weighted by Crippen LogP contribution is 2.56. The number of hydrogen-bond donors (Lipinski definition) is 0. The van der Waals surface area contributed by atoms with Crippen LogP contribution in [0.5, 0.6) is 5.75 Å². The SMILES string of the molecule is CC(=S)c1ccc(OC(=O)CCCCCCCCC[P+](c2ccccc2)(c2ccccc2)c2ccccc2)cc1. The standard InChI is InChI=1S/C36H40O2PS/c1-30(40)31-25-27-32(28-26-31)38-36(37)24-16-5-3-2-4-6-17-29-39(33-18-10-7-11-19-33,34-20-12-8-13-21-34)35-22-14-9-15-23-35/h7-15,18-23,25-28H,2-6,16-17,24,29H2,1H3/q+1. The highest BCUT2D eigenvalue weighted by molar-refractivity contribution is 7.95. The number of rotatable bonds is 15. The largest absolute Gasteiger partial charge is 0.427 e. The zero-order chi connectivity index (χ0) is 28.0. The first-order valence-electron chi connectivity index (χ1n) is 14.5. The van der Waals surface area contributed by atoms with Gasteiger partial charge in [0, 0.05) is 11.3 Å². The molecule has 0 spiro atoms. The third kappa shape index (κ3) is 8.19. The molecule has 0 fully saturated rings. The fraction of sp³-hybridized carbons (Fsp3) is 0.278. The molecule has 0 bridgehead atoms. The summed E-state index contributed by atoms with van der Waals surface area (Å²) >= 11 is 5.18. The maximum Gasteiger partial charge on any atom is 0.311 e. The first-order chi connectivity index (χ1) is 19.6. The van der Waals surface area contributed by atoms with Crippen LogP contribution in [0.2, 0.25) is 0 Å². The van der Waals surface area contributed by atoms with E-state index in [1.807, 2.05) is 31.2 Å². The van der Waals surface area contributed by atoms with Crippen molar-refractivity contribution in [2.45, 2.75) is 58.3 Å². The van der Waals surface area contributed by atoms with E-state index in [2.05, 4.69) is 91.0 Å². The van der Waals surface area contributed by atoms with E-state index in [1.54, 1.807) is 0 Å². The van der Waals surface area contributed by atoms with Gasteiger partial charge in [0.1, 0.15) is 28.9 Å². The van der Waals surface area contributed by atoms with E-state index in [-0.39, 0.29) is 5.97 Å². The van der Waals surface area contributed by atoms with Gasteiger partial charge in [0.15, 0.2) is 0 Å². The third-order valence-corrected chi connectivity index (χ3v) is 12.2. The van der Waals surface area contributed by atoms with Gasteiger partial charge >= 0.3 is 5.97 Å². The van der Waals surface area contributed by atoms with Crippen molar-refractivity contribution in [2.75, 3.05) is 6.16 Å². The summed E-state index contributed by atoms with van der Waals surface area (Å²) in [5, 5.41) is 4.39. The predicted molar refractivity (Wildman–Crippen MR) is 176 cm³/mol.